The van der Waals surface area contributed by atoms with Gasteiger partial charge in [-0.3, -0.25) is 4.79 Å². The summed E-state index contributed by atoms with van der Waals surface area (Å²) in [6.45, 7) is 4.28. The highest BCUT2D eigenvalue weighted by Crippen LogP contribution is 2.33. The summed E-state index contributed by atoms with van der Waals surface area (Å²) >= 11 is 0. The number of aliphatic carboxylic acids is 1. The van der Waals surface area contributed by atoms with Crippen LogP contribution in [0.5, 0.6) is 0 Å². The van der Waals surface area contributed by atoms with Crippen LogP contribution in [-0.2, 0) is 9.59 Å². The maximum atomic E-state index is 12.2. The van der Waals surface area contributed by atoms with E-state index >= 15 is 0 Å². The van der Waals surface area contributed by atoms with E-state index < -0.39 is 17.6 Å². The van der Waals surface area contributed by atoms with Crippen molar-refractivity contribution in [1.82, 2.24) is 4.90 Å². The smallest absolute Gasteiger partial charge is 0.329 e. The fourth-order valence-corrected chi connectivity index (χ4v) is 2.58. The van der Waals surface area contributed by atoms with E-state index in [-0.39, 0.29) is 5.91 Å². The number of amides is 1. The summed E-state index contributed by atoms with van der Waals surface area (Å²) in [5.41, 5.74) is 4.77. The molecule has 0 bridgehead atoms. The summed E-state index contributed by atoms with van der Waals surface area (Å²) in [7, 11) is 0. The van der Waals surface area contributed by atoms with Crippen LogP contribution in [-0.4, -0.2) is 40.0 Å². The van der Waals surface area contributed by atoms with Crippen molar-refractivity contribution in [2.24, 2.45) is 5.73 Å². The predicted octanol–water partition coefficient (Wildman–Crippen LogP) is 0.970. The van der Waals surface area contributed by atoms with Gasteiger partial charge in [0.2, 0.25) is 5.91 Å². The number of likely N-dealkylation sites (tertiary alicyclic amines) is 1. The van der Waals surface area contributed by atoms with Crippen molar-refractivity contribution in [3.63, 3.8) is 0 Å². The van der Waals surface area contributed by atoms with Gasteiger partial charge in [0, 0.05) is 6.54 Å². The molecule has 2 atom stereocenters. The first-order valence-electron chi connectivity index (χ1n) is 6.30. The lowest BCUT2D eigenvalue weighted by molar-refractivity contribution is -0.157. The molecule has 0 aromatic rings. The van der Waals surface area contributed by atoms with Crippen molar-refractivity contribution >= 4 is 11.9 Å². The van der Waals surface area contributed by atoms with Gasteiger partial charge in [-0.15, -0.1) is 0 Å². The van der Waals surface area contributed by atoms with Crippen LogP contribution in [0.15, 0.2) is 0 Å². The van der Waals surface area contributed by atoms with Crippen molar-refractivity contribution in [3.05, 3.63) is 0 Å². The highest BCUT2D eigenvalue weighted by atomic mass is 16.4. The van der Waals surface area contributed by atoms with E-state index in [0.717, 1.165) is 12.8 Å². The van der Waals surface area contributed by atoms with E-state index in [2.05, 4.69) is 0 Å². The quantitative estimate of drug-likeness (QED) is 0.752. The van der Waals surface area contributed by atoms with Crippen LogP contribution in [0.3, 0.4) is 0 Å². The van der Waals surface area contributed by atoms with Gasteiger partial charge in [-0.2, -0.15) is 0 Å². The molecule has 0 aliphatic carbocycles. The van der Waals surface area contributed by atoms with Gasteiger partial charge in [-0.1, -0.05) is 20.3 Å². The minimum Gasteiger partial charge on any atom is -0.479 e. The lowest BCUT2D eigenvalue weighted by Gasteiger charge is -2.35. The fraction of sp³-hybridized carbons (Fsp3) is 0.833. The molecule has 0 aromatic heterocycles. The third-order valence-corrected chi connectivity index (χ3v) is 3.65. The van der Waals surface area contributed by atoms with E-state index in [1.165, 1.54) is 4.90 Å². The molecule has 0 aromatic carbocycles. The normalized spacial score (nSPS) is 25.9. The maximum Gasteiger partial charge on any atom is 0.329 e. The minimum absolute atomic E-state index is 0.214. The zero-order valence-electron chi connectivity index (χ0n) is 10.6. The second-order valence-electron chi connectivity index (χ2n) is 4.68. The molecule has 1 heterocycles. The summed E-state index contributed by atoms with van der Waals surface area (Å²) in [5, 5.41) is 9.36. The Morgan fingerprint density at radius 3 is 2.59 bits per heavy atom. The number of rotatable bonds is 5. The van der Waals surface area contributed by atoms with E-state index in [4.69, 9.17) is 5.73 Å². The molecule has 1 rings (SSSR count). The number of carboxylic acid groups (broad SMARTS) is 1. The monoisotopic (exact) mass is 242 g/mol. The van der Waals surface area contributed by atoms with Gasteiger partial charge in [0.25, 0.3) is 0 Å². The van der Waals surface area contributed by atoms with Gasteiger partial charge in [0.1, 0.15) is 5.54 Å². The number of carboxylic acids is 1. The fourth-order valence-electron chi connectivity index (χ4n) is 2.58. The molecule has 0 saturated carbocycles. The van der Waals surface area contributed by atoms with Crippen LogP contribution in [0.25, 0.3) is 0 Å². The number of nitrogens with zero attached hydrogens (tertiary/aromatic N) is 1. The zero-order valence-corrected chi connectivity index (χ0v) is 10.6. The van der Waals surface area contributed by atoms with Gasteiger partial charge in [-0.05, 0) is 25.7 Å². The second-order valence-corrected chi connectivity index (χ2v) is 4.68. The molecule has 1 fully saturated rings. The molecule has 5 heteroatoms. The van der Waals surface area contributed by atoms with E-state index in [0.29, 0.717) is 25.8 Å². The van der Waals surface area contributed by atoms with Gasteiger partial charge in [0.15, 0.2) is 0 Å². The molecule has 3 N–H and O–H groups in total. The number of carbonyl (C=O) groups excluding carboxylic acids is 1. The Bertz CT molecular complexity index is 306. The lowest BCUT2D eigenvalue weighted by Crippen LogP contribution is -2.56. The summed E-state index contributed by atoms with van der Waals surface area (Å²) < 4.78 is 0. The van der Waals surface area contributed by atoms with Crippen LogP contribution in [0.4, 0.5) is 0 Å². The Balaban J connectivity index is 2.88. The first-order chi connectivity index (χ1) is 7.99. The molecule has 1 amide bonds. The van der Waals surface area contributed by atoms with Crippen molar-refractivity contribution in [1.29, 1.82) is 0 Å². The molecule has 98 valence electrons. The standard InChI is InChI=1S/C12H22N2O3/c1-3-6-9(13)10(15)14-8-5-7-12(14,4-2)11(16)17/h9H,3-8,13H2,1-2H3,(H,16,17)/t9-,12?/m0/s1. The van der Waals surface area contributed by atoms with Crippen LogP contribution in [0.2, 0.25) is 0 Å². The molecule has 17 heavy (non-hydrogen) atoms. The van der Waals surface area contributed by atoms with Gasteiger partial charge in [-0.25, -0.2) is 4.79 Å². The van der Waals surface area contributed by atoms with Crippen LogP contribution in [0.1, 0.15) is 46.0 Å². The number of nitrogens with two attached hydrogens (primary N) is 1. The molecule has 1 aliphatic rings. The topological polar surface area (TPSA) is 83.6 Å². The molecule has 1 aliphatic heterocycles. The molecular formula is C12H22N2O3. The Hall–Kier alpha value is -1.10. The van der Waals surface area contributed by atoms with E-state index in [1.54, 1.807) is 0 Å². The first-order valence-corrected chi connectivity index (χ1v) is 6.30. The zero-order chi connectivity index (χ0) is 13.1. The van der Waals surface area contributed by atoms with Gasteiger partial charge < -0.3 is 15.7 Å². The number of carbonyl (C=O) groups is 2. The van der Waals surface area contributed by atoms with Gasteiger partial charge in [0.05, 0.1) is 6.04 Å². The predicted molar refractivity (Wildman–Crippen MR) is 64.5 cm³/mol. The van der Waals surface area contributed by atoms with Crippen molar-refractivity contribution in [2.45, 2.75) is 57.5 Å². The summed E-state index contributed by atoms with van der Waals surface area (Å²) in [4.78, 5) is 25.0. The van der Waals surface area contributed by atoms with Crippen LogP contribution >= 0.6 is 0 Å². The SMILES string of the molecule is CCC[C@H](N)C(=O)N1CCCC1(CC)C(=O)O. The van der Waals surface area contributed by atoms with Crippen LogP contribution < -0.4 is 5.73 Å². The Kier molecular flexibility index (Phi) is 4.51. The summed E-state index contributed by atoms with van der Waals surface area (Å²) in [5.74, 6) is -1.12. The van der Waals surface area contributed by atoms with Crippen LogP contribution in [0, 0.1) is 0 Å². The van der Waals surface area contributed by atoms with Crippen molar-refractivity contribution in [3.8, 4) is 0 Å². The van der Waals surface area contributed by atoms with Crippen molar-refractivity contribution in [2.75, 3.05) is 6.54 Å². The molecule has 5 nitrogen and oxygen atoms in total. The van der Waals surface area contributed by atoms with Crippen molar-refractivity contribution < 1.29 is 14.7 Å². The number of hydrogen-bond acceptors (Lipinski definition) is 3. The third-order valence-electron chi connectivity index (χ3n) is 3.65. The Morgan fingerprint density at radius 1 is 1.47 bits per heavy atom. The Labute approximate surface area is 102 Å². The average molecular weight is 242 g/mol. The molecule has 1 unspecified atom stereocenters. The number of hydrogen-bond donors (Lipinski definition) is 2. The maximum absolute atomic E-state index is 12.2. The Morgan fingerprint density at radius 2 is 2.12 bits per heavy atom. The first kappa shape index (κ1) is 14.0. The largest absolute Gasteiger partial charge is 0.479 e. The molecule has 0 radical (unpaired) electrons. The lowest BCUT2D eigenvalue weighted by atomic mass is 9.92. The highest BCUT2D eigenvalue weighted by molar-refractivity contribution is 5.90. The third kappa shape index (κ3) is 2.44. The minimum atomic E-state index is -1.03. The highest BCUT2D eigenvalue weighted by Gasteiger charge is 2.49. The van der Waals surface area contributed by atoms with Gasteiger partial charge >= 0.3 is 5.97 Å². The average Bonchev–Trinajstić information content (AvgIpc) is 2.73. The summed E-state index contributed by atoms with van der Waals surface area (Å²) in [6, 6.07) is -0.566. The van der Waals surface area contributed by atoms with E-state index in [1.807, 2.05) is 13.8 Å². The summed E-state index contributed by atoms with van der Waals surface area (Å²) in [6.07, 6.45) is 3.14. The molecule has 0 spiro atoms. The molecule has 1 saturated heterocycles. The van der Waals surface area contributed by atoms with E-state index in [9.17, 15) is 14.7 Å². The second kappa shape index (κ2) is 5.49. The molecular weight excluding hydrogens is 220 g/mol.